The van der Waals surface area contributed by atoms with Crippen LogP contribution in [0.1, 0.15) is 17.0 Å². The molecule has 0 fully saturated rings. The summed E-state index contributed by atoms with van der Waals surface area (Å²) in [6.45, 7) is 10.7. The minimum Gasteiger partial charge on any atom is -0.508 e. The summed E-state index contributed by atoms with van der Waals surface area (Å²) in [7, 11) is 1.56. The molecule has 0 radical (unpaired) electrons. The molecule has 0 saturated heterocycles. The van der Waals surface area contributed by atoms with E-state index in [2.05, 4.69) is 23.4 Å². The molecule has 5 nitrogen and oxygen atoms in total. The maximum Gasteiger partial charge on any atom is 0.141 e. The Balaban J connectivity index is 2.77. The van der Waals surface area contributed by atoms with Gasteiger partial charge in [-0.2, -0.15) is 0 Å². The third kappa shape index (κ3) is 2.18. The Morgan fingerprint density at radius 1 is 1.40 bits per heavy atom. The summed E-state index contributed by atoms with van der Waals surface area (Å²) in [5.74, 6) is 1.18. The third-order valence-electron chi connectivity index (χ3n) is 3.10. The van der Waals surface area contributed by atoms with Crippen LogP contribution in [0.3, 0.4) is 0 Å². The fourth-order valence-corrected chi connectivity index (χ4v) is 2.16. The van der Waals surface area contributed by atoms with Crippen LogP contribution in [0.15, 0.2) is 28.2 Å². The summed E-state index contributed by atoms with van der Waals surface area (Å²) in [5.41, 5.74) is 3.39. The summed E-state index contributed by atoms with van der Waals surface area (Å²) in [6.07, 6.45) is 0. The number of aromatic nitrogens is 1. The minimum absolute atomic E-state index is 0.0870. The van der Waals surface area contributed by atoms with Gasteiger partial charge in [0.1, 0.15) is 17.3 Å². The lowest BCUT2D eigenvalue weighted by molar-refractivity contribution is 0.393. The van der Waals surface area contributed by atoms with Gasteiger partial charge in [0, 0.05) is 11.1 Å². The van der Waals surface area contributed by atoms with Crippen molar-refractivity contribution < 1.29 is 14.4 Å². The number of aliphatic hydroxyl groups excluding tert-OH is 1. The number of ether oxygens (including phenoxy) is 1. The van der Waals surface area contributed by atoms with Gasteiger partial charge in [-0.05, 0) is 32.7 Å². The summed E-state index contributed by atoms with van der Waals surface area (Å²) in [4.78, 5) is 3.92. The molecule has 2 aromatic rings. The molecule has 0 unspecified atom stereocenters. The second kappa shape index (κ2) is 5.21. The molecule has 0 spiro atoms. The van der Waals surface area contributed by atoms with E-state index in [1.807, 2.05) is 13.8 Å². The molecular formula is C15H16N2O3. The van der Waals surface area contributed by atoms with Gasteiger partial charge >= 0.3 is 0 Å². The van der Waals surface area contributed by atoms with Crippen molar-refractivity contribution in [3.8, 4) is 16.9 Å². The van der Waals surface area contributed by atoms with E-state index in [1.165, 1.54) is 0 Å². The molecule has 1 N–H and O–H groups in total. The lowest BCUT2D eigenvalue weighted by atomic mass is 9.99. The molecule has 0 amide bonds. The second-order valence-corrected chi connectivity index (χ2v) is 4.37. The van der Waals surface area contributed by atoms with Crippen molar-refractivity contribution in [1.29, 1.82) is 0 Å². The highest BCUT2D eigenvalue weighted by Crippen LogP contribution is 2.40. The van der Waals surface area contributed by atoms with E-state index < -0.39 is 0 Å². The largest absolute Gasteiger partial charge is 0.508 e. The maximum absolute atomic E-state index is 9.62. The van der Waals surface area contributed by atoms with Gasteiger partial charge in [0.25, 0.3) is 0 Å². The highest BCUT2D eigenvalue weighted by molar-refractivity contribution is 5.82. The van der Waals surface area contributed by atoms with Gasteiger partial charge in [0.2, 0.25) is 0 Å². The van der Waals surface area contributed by atoms with Crippen molar-refractivity contribution in [3.05, 3.63) is 35.7 Å². The van der Waals surface area contributed by atoms with Crippen molar-refractivity contribution in [3.63, 3.8) is 0 Å². The molecule has 104 valence electrons. The van der Waals surface area contributed by atoms with Crippen molar-refractivity contribution >= 4 is 18.2 Å². The first-order valence-electron chi connectivity index (χ1n) is 5.99. The molecule has 5 heteroatoms. The number of hydrogen-bond acceptors (Lipinski definition) is 5. The van der Waals surface area contributed by atoms with Crippen molar-refractivity contribution in [2.45, 2.75) is 13.8 Å². The highest BCUT2D eigenvalue weighted by Gasteiger charge is 2.19. The Morgan fingerprint density at radius 3 is 2.55 bits per heavy atom. The summed E-state index contributed by atoms with van der Waals surface area (Å²) < 4.78 is 10.6. The van der Waals surface area contributed by atoms with Gasteiger partial charge in [-0.15, -0.1) is 0 Å². The van der Waals surface area contributed by atoms with Gasteiger partial charge < -0.3 is 14.4 Å². The van der Waals surface area contributed by atoms with Crippen LogP contribution in [0.25, 0.3) is 16.9 Å². The van der Waals surface area contributed by atoms with Gasteiger partial charge in [-0.3, -0.25) is 4.99 Å². The Kier molecular flexibility index (Phi) is 3.61. The monoisotopic (exact) mass is 272 g/mol. The van der Waals surface area contributed by atoms with Crippen LogP contribution in [0, 0.1) is 13.8 Å². The van der Waals surface area contributed by atoms with Crippen molar-refractivity contribution in [1.82, 2.24) is 5.16 Å². The molecule has 0 aliphatic heterocycles. The van der Waals surface area contributed by atoms with Gasteiger partial charge in [-0.25, -0.2) is 0 Å². The number of aryl methyl sites for hydroxylation is 2. The topological polar surface area (TPSA) is 67.9 Å². The van der Waals surface area contributed by atoms with Crippen LogP contribution in [-0.4, -0.2) is 24.1 Å². The zero-order valence-electron chi connectivity index (χ0n) is 11.7. The zero-order valence-corrected chi connectivity index (χ0v) is 11.7. The Hall–Kier alpha value is -2.56. The molecule has 2 rings (SSSR count). The number of benzene rings is 1. The predicted molar refractivity (Wildman–Crippen MR) is 78.8 cm³/mol. The van der Waals surface area contributed by atoms with E-state index >= 15 is 0 Å². The van der Waals surface area contributed by atoms with E-state index in [0.717, 1.165) is 16.8 Å². The Bertz CT molecular complexity index is 667. The molecular weight excluding hydrogens is 256 g/mol. The third-order valence-corrected chi connectivity index (χ3v) is 3.10. The smallest absolute Gasteiger partial charge is 0.141 e. The van der Waals surface area contributed by atoms with E-state index in [-0.39, 0.29) is 5.76 Å². The summed E-state index contributed by atoms with van der Waals surface area (Å²) >= 11 is 0. The average Bonchev–Trinajstić information content (AvgIpc) is 2.76. The molecule has 0 aliphatic rings. The second-order valence-electron chi connectivity index (χ2n) is 4.37. The van der Waals surface area contributed by atoms with Gasteiger partial charge in [0.15, 0.2) is 0 Å². The average molecular weight is 272 g/mol. The van der Waals surface area contributed by atoms with Crippen LogP contribution in [0.4, 0.5) is 5.69 Å². The zero-order chi connectivity index (χ0) is 14.9. The number of aliphatic hydroxyl groups is 1. The number of nitrogens with zero attached hydrogens (tertiary/aromatic N) is 2. The van der Waals surface area contributed by atoms with Crippen molar-refractivity contribution in [2.75, 3.05) is 7.11 Å². The van der Waals surface area contributed by atoms with Gasteiger partial charge in [-0.1, -0.05) is 11.7 Å². The fraction of sp³-hybridized carbons (Fsp3) is 0.200. The molecule has 0 atom stereocenters. The summed E-state index contributed by atoms with van der Waals surface area (Å²) in [5, 5.41) is 13.6. The lowest BCUT2D eigenvalue weighted by Gasteiger charge is -2.12. The van der Waals surface area contributed by atoms with E-state index in [1.54, 1.807) is 19.2 Å². The normalized spacial score (nSPS) is 10.3. The lowest BCUT2D eigenvalue weighted by Crippen LogP contribution is -1.93. The SMILES string of the molecule is C=Nc1cc(-c2c(C)noc2C)c(OC)cc1C(=C)O. The molecule has 1 aromatic carbocycles. The van der Waals surface area contributed by atoms with E-state index in [4.69, 9.17) is 9.26 Å². The van der Waals surface area contributed by atoms with E-state index in [0.29, 0.717) is 22.8 Å². The molecule has 20 heavy (non-hydrogen) atoms. The van der Waals surface area contributed by atoms with Crippen LogP contribution < -0.4 is 4.74 Å². The molecule has 1 heterocycles. The first-order valence-corrected chi connectivity index (χ1v) is 5.99. The summed E-state index contributed by atoms with van der Waals surface area (Å²) in [6, 6.07) is 3.45. The Morgan fingerprint density at radius 2 is 2.10 bits per heavy atom. The fourth-order valence-electron chi connectivity index (χ4n) is 2.16. The maximum atomic E-state index is 9.62. The molecule has 0 saturated carbocycles. The molecule has 1 aromatic heterocycles. The first kappa shape index (κ1) is 13.9. The molecule has 0 aliphatic carbocycles. The first-order chi connectivity index (χ1) is 9.49. The van der Waals surface area contributed by atoms with Crippen LogP contribution in [-0.2, 0) is 0 Å². The van der Waals surface area contributed by atoms with Crippen molar-refractivity contribution in [2.24, 2.45) is 4.99 Å². The van der Waals surface area contributed by atoms with Gasteiger partial charge in [0.05, 0.1) is 24.1 Å². The Labute approximate surface area is 117 Å². The molecule has 0 bridgehead atoms. The minimum atomic E-state index is -0.0870. The van der Waals surface area contributed by atoms with E-state index in [9.17, 15) is 5.11 Å². The number of hydrogen-bond donors (Lipinski definition) is 1. The quantitative estimate of drug-likeness (QED) is 0.678. The van der Waals surface area contributed by atoms with Crippen LogP contribution >= 0.6 is 0 Å². The predicted octanol–water partition coefficient (Wildman–Crippen LogP) is 3.83. The number of methoxy groups -OCH3 is 1. The standard InChI is InChI=1S/C15H16N2O3/c1-8-15(10(3)20-17-8)12-6-13(16-4)11(9(2)18)7-14(12)19-5/h6-7,18H,2,4H2,1,3,5H3. The van der Waals surface area contributed by atoms with Crippen LogP contribution in [0.2, 0.25) is 0 Å². The van der Waals surface area contributed by atoms with Crippen LogP contribution in [0.5, 0.6) is 5.75 Å². The number of aliphatic imine (C=N–C) groups is 1. The highest BCUT2D eigenvalue weighted by atomic mass is 16.5. The number of rotatable bonds is 4.